The molecule has 32 heteroatoms. The number of H-pyrrole nitrogens is 1. The molecule has 11 amide bonds. The molecule has 0 bridgehead atoms. The number of phenolic OH excluding ortho intramolecular Hbond substituents is 2. The van der Waals surface area contributed by atoms with Gasteiger partial charge in [-0.1, -0.05) is 70.5 Å². The summed E-state index contributed by atoms with van der Waals surface area (Å²) in [6.45, 7) is 1.85. The van der Waals surface area contributed by atoms with Crippen LogP contribution in [0.5, 0.6) is 11.5 Å². The number of aliphatic carboxylic acids is 1. The summed E-state index contributed by atoms with van der Waals surface area (Å²) in [6.07, 6.45) is 2.86. The summed E-state index contributed by atoms with van der Waals surface area (Å²) in [7, 11) is 1.77. The van der Waals surface area contributed by atoms with E-state index < -0.39 is 139 Å². The molecule has 2 saturated heterocycles. The molecule has 3 aromatic carbocycles. The third kappa shape index (κ3) is 25.2. The molecule has 19 N–H and O–H groups in total. The van der Waals surface area contributed by atoms with Crippen LogP contribution in [0.25, 0.3) is 10.9 Å². The Morgan fingerprint density at radius 1 is 0.670 bits per heavy atom. The number of carboxylic acid groups (broad SMARTS) is 1. The summed E-state index contributed by atoms with van der Waals surface area (Å²) in [6, 6.07) is 6.09. The highest BCUT2D eigenvalue weighted by molar-refractivity contribution is 8.76. The van der Waals surface area contributed by atoms with Crippen LogP contribution in [-0.2, 0) is 81.5 Å². The number of hydrogen-bond donors (Lipinski definition) is 16. The Labute approximate surface area is 569 Å². The second kappa shape index (κ2) is 39.9. The average Bonchev–Trinajstić information content (AvgIpc) is 1.75. The molecule has 0 radical (unpaired) electrons. The molecule has 0 saturated carbocycles. The van der Waals surface area contributed by atoms with Crippen molar-refractivity contribution in [1.82, 2.24) is 57.7 Å². The maximum Gasteiger partial charge on any atom is 0.303 e. The lowest BCUT2D eigenvalue weighted by molar-refractivity contribution is -0.139. The van der Waals surface area contributed by atoms with E-state index in [2.05, 4.69) is 52.8 Å². The predicted octanol–water partition coefficient (Wildman–Crippen LogP) is -0.588. The number of aromatic amines is 1. The van der Waals surface area contributed by atoms with E-state index in [1.54, 1.807) is 19.2 Å². The lowest BCUT2D eigenvalue weighted by Crippen LogP contribution is -2.61. The van der Waals surface area contributed by atoms with Crippen molar-refractivity contribution in [1.29, 1.82) is 0 Å². The fraction of sp³-hybridized carbons (Fsp3) is 0.508. The third-order valence-corrected chi connectivity index (χ3v) is 18.6. The number of carbonyl (C=O) groups excluding carboxylic acids is 11. The monoisotopic (exact) mass is 1390 g/mol. The number of phenols is 2. The van der Waals surface area contributed by atoms with Gasteiger partial charge in [-0.3, -0.25) is 57.5 Å². The van der Waals surface area contributed by atoms with E-state index in [0.29, 0.717) is 55.2 Å². The van der Waals surface area contributed by atoms with E-state index in [-0.39, 0.29) is 107 Å². The Morgan fingerprint density at radius 2 is 1.30 bits per heavy atom. The van der Waals surface area contributed by atoms with Crippen LogP contribution in [0.1, 0.15) is 101 Å². The third-order valence-electron chi connectivity index (χ3n) is 16.2. The van der Waals surface area contributed by atoms with E-state index in [4.69, 9.17) is 21.9 Å². The lowest BCUT2D eigenvalue weighted by atomic mass is 10.0. The van der Waals surface area contributed by atoms with Gasteiger partial charge in [-0.2, -0.15) is 0 Å². The Balaban J connectivity index is 1.36. The minimum absolute atomic E-state index is 0.0263. The standard InChI is InChI=1S/C65H90N14O16S2/c1-2-95-35-50-63(92)74-47(31-38-16-20-41(80)21-17-38)60(89)72-45(13-7-8-27-66)58(87)69-29-9-3-4-15-54(82)71-49(33-40-34-70-44-12-6-5-11-43(40)44)62(91)73-46(24-25-56(84)85)59(88)77-51(57(68)86)36-96-97-37-52(64(93)76-50)78-61(90)48(32-39-18-22-42(81)23-19-39)75-65(94)53-14-10-30-79(53)55(83)26-28-67/h5-6,11-12,16-23,34,45-53,70,80-81H,2-4,7-10,13-15,24-33,35-37,66-67H2,1H3,(H2,68,86)(H,69,87)(H,71,82)(H,72,89)(H,73,91)(H,74,92)(H,75,94)(H,76,93)(H,77,88)(H,78,90)(H,84,85)/t45-,46-,47-,48-,49-,50-,51-,52-,53-/m0/s1. The van der Waals surface area contributed by atoms with Gasteiger partial charge in [-0.05, 0) is 112 Å². The molecular formula is C65H90N14O16S2. The van der Waals surface area contributed by atoms with Crippen molar-refractivity contribution in [2.24, 2.45) is 17.2 Å². The maximum atomic E-state index is 15.0. The molecule has 2 fully saturated rings. The maximum absolute atomic E-state index is 15.0. The molecule has 4 aromatic rings. The quantitative estimate of drug-likeness (QED) is 0.0326. The van der Waals surface area contributed by atoms with Crippen LogP contribution in [0.15, 0.2) is 79.0 Å². The number of aromatic hydroxyl groups is 2. The number of primary amides is 1. The first-order chi connectivity index (χ1) is 46.6. The van der Waals surface area contributed by atoms with Gasteiger partial charge in [0.25, 0.3) is 0 Å². The zero-order valence-corrected chi connectivity index (χ0v) is 55.7. The summed E-state index contributed by atoms with van der Waals surface area (Å²) in [4.78, 5) is 172. The van der Waals surface area contributed by atoms with Gasteiger partial charge >= 0.3 is 5.97 Å². The fourth-order valence-electron chi connectivity index (χ4n) is 10.9. The summed E-state index contributed by atoms with van der Waals surface area (Å²) in [5, 5.41) is 55.0. The first kappa shape index (κ1) is 77.0. The van der Waals surface area contributed by atoms with Gasteiger partial charge in [0.2, 0.25) is 65.0 Å². The summed E-state index contributed by atoms with van der Waals surface area (Å²) < 4.78 is 5.69. The Kier molecular flexibility index (Phi) is 31.7. The number of rotatable bonds is 23. The van der Waals surface area contributed by atoms with E-state index in [1.165, 1.54) is 53.4 Å². The zero-order valence-electron chi connectivity index (χ0n) is 54.1. The van der Waals surface area contributed by atoms with E-state index >= 15 is 0 Å². The smallest absolute Gasteiger partial charge is 0.303 e. The minimum atomic E-state index is -1.63. The topological polar surface area (TPSA) is 480 Å². The molecule has 97 heavy (non-hydrogen) atoms. The van der Waals surface area contributed by atoms with Crippen LogP contribution in [0.3, 0.4) is 0 Å². The molecule has 1 aromatic heterocycles. The number of unbranched alkanes of at least 4 members (excludes halogenated alkanes) is 1. The van der Waals surface area contributed by atoms with Crippen molar-refractivity contribution in [3.63, 3.8) is 0 Å². The normalized spacial score (nSPS) is 22.3. The van der Waals surface area contributed by atoms with Crippen LogP contribution >= 0.6 is 21.6 Å². The molecule has 0 aliphatic carbocycles. The highest BCUT2D eigenvalue weighted by Gasteiger charge is 2.38. The molecule has 30 nitrogen and oxygen atoms in total. The Hall–Kier alpha value is -8.98. The van der Waals surface area contributed by atoms with Crippen LogP contribution in [0.2, 0.25) is 0 Å². The first-order valence-corrected chi connectivity index (χ1v) is 34.9. The van der Waals surface area contributed by atoms with Gasteiger partial charge in [-0.25, -0.2) is 0 Å². The number of aromatic nitrogens is 1. The number of likely N-dealkylation sites (tertiary alicyclic amines) is 1. The molecule has 528 valence electrons. The molecular weight excluding hydrogens is 1300 g/mol. The number of fused-ring (bicyclic) bond motifs is 1. The fourth-order valence-corrected chi connectivity index (χ4v) is 13.2. The molecule has 9 atom stereocenters. The largest absolute Gasteiger partial charge is 0.508 e. The van der Waals surface area contributed by atoms with Gasteiger partial charge in [0.15, 0.2) is 0 Å². The van der Waals surface area contributed by atoms with Gasteiger partial charge in [-0.15, -0.1) is 0 Å². The molecule has 0 unspecified atom stereocenters. The summed E-state index contributed by atoms with van der Waals surface area (Å²) in [5.41, 5.74) is 19.6. The average molecular weight is 1390 g/mol. The molecule has 3 heterocycles. The SMILES string of the molecule is CCOC[C@@H]1NC(=O)[C@@H](NC(=O)[C@H](Cc2ccc(O)cc2)NC(=O)[C@@H]2CCCN2C(=O)CCN)CSSC[C@@H](C(N)=O)NC(=O)[C@H](CCC(=O)O)NC(=O)[C@H](Cc2c[nH]c3ccccc23)NC(=O)CCCCCNC(=O)[C@H](CCCCN)NC(=O)[C@H](Cc2ccc(O)cc2)NC1=O. The minimum Gasteiger partial charge on any atom is -0.508 e. The number of carbonyl (C=O) groups is 12. The summed E-state index contributed by atoms with van der Waals surface area (Å²) in [5.74, 6) is -11.0. The Morgan fingerprint density at radius 3 is 1.97 bits per heavy atom. The highest BCUT2D eigenvalue weighted by Crippen LogP contribution is 2.25. The lowest BCUT2D eigenvalue weighted by Gasteiger charge is -2.28. The van der Waals surface area contributed by atoms with Crippen molar-refractivity contribution in [3.8, 4) is 11.5 Å². The van der Waals surface area contributed by atoms with Crippen LogP contribution in [0, 0.1) is 0 Å². The van der Waals surface area contributed by atoms with Crippen molar-refractivity contribution >= 4 is 103 Å². The van der Waals surface area contributed by atoms with Crippen LogP contribution < -0.4 is 65.1 Å². The van der Waals surface area contributed by atoms with Gasteiger partial charge < -0.3 is 95.0 Å². The number of carboxylic acids is 1. The predicted molar refractivity (Wildman–Crippen MR) is 361 cm³/mol. The number of nitrogens with zero attached hydrogens (tertiary/aromatic N) is 1. The first-order valence-electron chi connectivity index (χ1n) is 32.4. The second-order valence-electron chi connectivity index (χ2n) is 23.6. The van der Waals surface area contributed by atoms with Gasteiger partial charge in [0.1, 0.15) is 65.9 Å². The zero-order chi connectivity index (χ0) is 70.4. The van der Waals surface area contributed by atoms with Crippen molar-refractivity contribution in [3.05, 3.63) is 95.7 Å². The van der Waals surface area contributed by atoms with Crippen molar-refractivity contribution in [2.75, 3.05) is 50.9 Å². The number of para-hydroxylation sites is 1. The van der Waals surface area contributed by atoms with Crippen molar-refractivity contribution < 1.29 is 77.6 Å². The number of benzene rings is 3. The second-order valence-corrected chi connectivity index (χ2v) is 26.1. The van der Waals surface area contributed by atoms with Gasteiger partial charge in [0, 0.05) is 93.4 Å². The molecule has 2 aliphatic heterocycles. The van der Waals surface area contributed by atoms with E-state index in [1.807, 2.05) is 18.2 Å². The number of hydrogen-bond acceptors (Lipinski definition) is 19. The number of nitrogens with two attached hydrogens (primary N) is 3. The van der Waals surface area contributed by atoms with E-state index in [0.717, 1.165) is 32.5 Å². The van der Waals surface area contributed by atoms with Crippen molar-refractivity contribution in [2.45, 2.75) is 158 Å². The number of ether oxygens (including phenoxy) is 1. The molecule has 6 rings (SSSR count). The number of nitrogens with one attached hydrogen (secondary N) is 10. The summed E-state index contributed by atoms with van der Waals surface area (Å²) >= 11 is 0. The highest BCUT2D eigenvalue weighted by atomic mass is 33.1. The Bertz CT molecular complexity index is 3340. The van der Waals surface area contributed by atoms with E-state index in [9.17, 15) is 72.9 Å². The van der Waals surface area contributed by atoms with Crippen LogP contribution in [0.4, 0.5) is 0 Å². The number of amides is 11. The molecule has 0 spiro atoms. The van der Waals surface area contributed by atoms with Gasteiger partial charge in [0.05, 0.1) is 6.61 Å². The molecule has 2 aliphatic rings. The van der Waals surface area contributed by atoms with Crippen LogP contribution in [-0.4, -0.2) is 201 Å².